The average molecular weight is 389 g/mol. The van der Waals surface area contributed by atoms with Crippen LogP contribution in [0, 0.1) is 11.8 Å². The minimum atomic E-state index is -0.348. The van der Waals surface area contributed by atoms with Crippen molar-refractivity contribution in [1.29, 1.82) is 0 Å². The molecular weight excluding hydrogens is 352 g/mol. The molecule has 0 spiro atoms. The van der Waals surface area contributed by atoms with Gasteiger partial charge in [0.05, 0.1) is 0 Å². The van der Waals surface area contributed by atoms with E-state index in [0.29, 0.717) is 19.0 Å². The van der Waals surface area contributed by atoms with Crippen LogP contribution in [0.1, 0.15) is 51.2 Å². The average Bonchev–Trinajstić information content (AvgIpc) is 2.72. The van der Waals surface area contributed by atoms with Crippen LogP contribution in [0.3, 0.4) is 0 Å². The number of rotatable bonds is 9. The topological polar surface area (TPSA) is 49.9 Å². The highest BCUT2D eigenvalue weighted by Gasteiger charge is 2.24. The minimum Gasteiger partial charge on any atom is -0.441 e. The number of likely N-dealkylation sites (tertiary alicyclic amines) is 1. The van der Waals surface area contributed by atoms with E-state index in [1.807, 2.05) is 13.8 Å². The van der Waals surface area contributed by atoms with Crippen molar-refractivity contribution in [3.8, 4) is 0 Å². The van der Waals surface area contributed by atoms with Crippen LogP contribution >= 0.6 is 0 Å². The second-order valence-corrected chi connectivity index (χ2v) is 8.11. The van der Waals surface area contributed by atoms with E-state index in [2.05, 4.69) is 43.1 Å². The fraction of sp³-hybridized carbons (Fsp3) is 0.652. The molecule has 28 heavy (non-hydrogen) atoms. The predicted octanol–water partition coefficient (Wildman–Crippen LogP) is 4.14. The molecule has 0 radical (unpaired) electrons. The maximum Gasteiger partial charge on any atom is 0.410 e. The molecule has 0 aromatic heterocycles. The molecule has 2 rings (SSSR count). The molecule has 1 atom stereocenters. The van der Waals surface area contributed by atoms with Gasteiger partial charge in [-0.3, -0.25) is 4.79 Å². The standard InChI is InChI=1S/C23H36N2O3/c1-5-18(3)22(26)17-28-23(27)25-13-11-20(12-14-25)15-19-7-9-21(10-8-19)16-24(4)6-2/h7-10,18,20H,5-6,11-17H2,1-4H3. The molecule has 0 saturated carbocycles. The Morgan fingerprint density at radius 1 is 1.14 bits per heavy atom. The predicted molar refractivity (Wildman–Crippen MR) is 112 cm³/mol. The van der Waals surface area contributed by atoms with E-state index in [4.69, 9.17) is 4.74 Å². The molecule has 1 aromatic carbocycles. The molecule has 1 fully saturated rings. The summed E-state index contributed by atoms with van der Waals surface area (Å²) in [5.41, 5.74) is 2.71. The number of nitrogens with zero attached hydrogens (tertiary/aromatic N) is 2. The van der Waals surface area contributed by atoms with Gasteiger partial charge in [0.1, 0.15) is 0 Å². The van der Waals surface area contributed by atoms with E-state index in [1.165, 1.54) is 11.1 Å². The Morgan fingerprint density at radius 2 is 1.75 bits per heavy atom. The summed E-state index contributed by atoms with van der Waals surface area (Å²) in [6.07, 6.45) is 3.44. The second kappa shape index (κ2) is 11.2. The molecule has 1 aliphatic heterocycles. The maximum atomic E-state index is 12.2. The first-order valence-electron chi connectivity index (χ1n) is 10.6. The van der Waals surface area contributed by atoms with Crippen molar-refractivity contribution in [2.75, 3.05) is 33.3 Å². The van der Waals surface area contributed by atoms with Gasteiger partial charge < -0.3 is 14.5 Å². The summed E-state index contributed by atoms with van der Waals surface area (Å²) >= 11 is 0. The van der Waals surface area contributed by atoms with Gasteiger partial charge in [-0.1, -0.05) is 45.0 Å². The second-order valence-electron chi connectivity index (χ2n) is 8.11. The molecule has 0 N–H and O–H groups in total. The highest BCUT2D eigenvalue weighted by Crippen LogP contribution is 2.22. The molecular formula is C23H36N2O3. The number of hydrogen-bond donors (Lipinski definition) is 0. The van der Waals surface area contributed by atoms with Crippen molar-refractivity contribution >= 4 is 11.9 Å². The molecule has 1 aliphatic rings. The summed E-state index contributed by atoms with van der Waals surface area (Å²) in [6, 6.07) is 8.92. The zero-order valence-corrected chi connectivity index (χ0v) is 17.9. The smallest absolute Gasteiger partial charge is 0.410 e. The Labute approximate surface area is 170 Å². The molecule has 1 unspecified atom stereocenters. The van der Waals surface area contributed by atoms with Crippen LogP contribution in [-0.4, -0.2) is 55.0 Å². The molecule has 1 heterocycles. The number of benzene rings is 1. The van der Waals surface area contributed by atoms with Crippen LogP contribution < -0.4 is 0 Å². The number of hydrogen-bond acceptors (Lipinski definition) is 4. The van der Waals surface area contributed by atoms with Crippen LogP contribution in [0.4, 0.5) is 4.79 Å². The zero-order chi connectivity index (χ0) is 20.5. The van der Waals surface area contributed by atoms with E-state index in [-0.39, 0.29) is 24.4 Å². The summed E-state index contributed by atoms with van der Waals surface area (Å²) < 4.78 is 5.21. The van der Waals surface area contributed by atoms with Gasteiger partial charge in [0, 0.05) is 25.6 Å². The summed E-state index contributed by atoms with van der Waals surface area (Å²) in [7, 11) is 2.13. The highest BCUT2D eigenvalue weighted by atomic mass is 16.6. The fourth-order valence-electron chi connectivity index (χ4n) is 3.45. The van der Waals surface area contributed by atoms with Crippen LogP contribution in [0.2, 0.25) is 0 Å². The first-order valence-corrected chi connectivity index (χ1v) is 10.6. The van der Waals surface area contributed by atoms with Gasteiger partial charge in [-0.2, -0.15) is 0 Å². The molecule has 156 valence electrons. The normalized spacial score (nSPS) is 16.2. The molecule has 1 aromatic rings. The van der Waals surface area contributed by atoms with E-state index in [0.717, 1.165) is 38.8 Å². The molecule has 0 bridgehead atoms. The summed E-state index contributed by atoms with van der Waals surface area (Å²) in [6.45, 7) is 9.35. The number of ether oxygens (including phenoxy) is 1. The number of carbonyl (C=O) groups is 2. The van der Waals surface area contributed by atoms with Gasteiger partial charge in [0.15, 0.2) is 12.4 Å². The van der Waals surface area contributed by atoms with Crippen molar-refractivity contribution in [3.63, 3.8) is 0 Å². The number of carbonyl (C=O) groups excluding carboxylic acids is 2. The Bertz CT molecular complexity index is 621. The zero-order valence-electron chi connectivity index (χ0n) is 17.9. The lowest BCUT2D eigenvalue weighted by molar-refractivity contribution is -0.125. The van der Waals surface area contributed by atoms with Gasteiger partial charge >= 0.3 is 6.09 Å². The Balaban J connectivity index is 1.73. The number of Topliss-reactive ketones (excluding diaryl/α,β-unsaturated/α-hetero) is 1. The van der Waals surface area contributed by atoms with Gasteiger partial charge in [0.25, 0.3) is 0 Å². The van der Waals surface area contributed by atoms with Gasteiger partial charge in [-0.25, -0.2) is 4.79 Å². The molecule has 1 saturated heterocycles. The van der Waals surface area contributed by atoms with Gasteiger partial charge in [0.2, 0.25) is 0 Å². The first kappa shape index (κ1) is 22.4. The third-order valence-corrected chi connectivity index (χ3v) is 5.91. The first-order chi connectivity index (χ1) is 13.4. The van der Waals surface area contributed by atoms with Crippen molar-refractivity contribution in [1.82, 2.24) is 9.80 Å². The third-order valence-electron chi connectivity index (χ3n) is 5.91. The molecule has 1 amide bonds. The van der Waals surface area contributed by atoms with Crippen LogP contribution in [0.15, 0.2) is 24.3 Å². The van der Waals surface area contributed by atoms with E-state index < -0.39 is 0 Å². The number of ketones is 1. The maximum absolute atomic E-state index is 12.2. The van der Waals surface area contributed by atoms with Gasteiger partial charge in [-0.15, -0.1) is 0 Å². The molecule has 5 heteroatoms. The SMILES string of the molecule is CCC(C)C(=O)COC(=O)N1CCC(Cc2ccc(CN(C)CC)cc2)CC1. The monoisotopic (exact) mass is 388 g/mol. The van der Waals surface area contributed by atoms with Crippen LogP contribution in [0.5, 0.6) is 0 Å². The Kier molecular flexibility index (Phi) is 8.97. The summed E-state index contributed by atoms with van der Waals surface area (Å²) in [5.74, 6) is 0.543. The van der Waals surface area contributed by atoms with Crippen molar-refractivity contribution in [3.05, 3.63) is 35.4 Å². The minimum absolute atomic E-state index is 0.000636. The van der Waals surface area contributed by atoms with Gasteiger partial charge in [-0.05, 0) is 56.3 Å². The van der Waals surface area contributed by atoms with Crippen molar-refractivity contribution in [2.24, 2.45) is 11.8 Å². The third kappa shape index (κ3) is 6.93. The highest BCUT2D eigenvalue weighted by molar-refractivity contribution is 5.83. The largest absolute Gasteiger partial charge is 0.441 e. The lowest BCUT2D eigenvalue weighted by Gasteiger charge is -2.31. The van der Waals surface area contributed by atoms with Crippen LogP contribution in [0.25, 0.3) is 0 Å². The number of amides is 1. The van der Waals surface area contributed by atoms with Crippen molar-refractivity contribution < 1.29 is 14.3 Å². The molecule has 5 nitrogen and oxygen atoms in total. The quantitative estimate of drug-likeness (QED) is 0.638. The van der Waals surface area contributed by atoms with E-state index in [1.54, 1.807) is 4.90 Å². The summed E-state index contributed by atoms with van der Waals surface area (Å²) in [4.78, 5) is 28.0. The molecule has 0 aliphatic carbocycles. The Morgan fingerprint density at radius 3 is 2.32 bits per heavy atom. The lowest BCUT2D eigenvalue weighted by atomic mass is 9.90. The Hall–Kier alpha value is -1.88. The summed E-state index contributed by atoms with van der Waals surface area (Å²) in [5, 5.41) is 0. The van der Waals surface area contributed by atoms with Crippen molar-refractivity contribution in [2.45, 2.75) is 53.0 Å². The fourth-order valence-corrected chi connectivity index (χ4v) is 3.45. The van der Waals surface area contributed by atoms with E-state index >= 15 is 0 Å². The lowest BCUT2D eigenvalue weighted by Crippen LogP contribution is -2.40. The van der Waals surface area contributed by atoms with Crippen LogP contribution in [-0.2, 0) is 22.5 Å². The number of piperidine rings is 1. The van der Waals surface area contributed by atoms with E-state index in [9.17, 15) is 9.59 Å².